The van der Waals surface area contributed by atoms with E-state index in [4.69, 9.17) is 9.47 Å². The van der Waals surface area contributed by atoms with E-state index in [1.165, 1.54) is 6.20 Å². The van der Waals surface area contributed by atoms with Crippen molar-refractivity contribution in [2.24, 2.45) is 0 Å². The van der Waals surface area contributed by atoms with E-state index in [-0.39, 0.29) is 23.1 Å². The van der Waals surface area contributed by atoms with Crippen molar-refractivity contribution in [3.8, 4) is 11.5 Å². The number of carbonyl (C=O) groups is 1. The highest BCUT2D eigenvalue weighted by atomic mass is 16.5. The standard InChI is InChI=1S/C19H20N2O4/c22-18-14(4-1-8-20-18)19(23)21-9-2-5-15(21)13-6-7-16-17(12-13)25-11-3-10-24-16/h1,4,6-8,12,15H,2-3,5,9-11H2,(H,20,22)/t15-/m0/s1. The van der Waals surface area contributed by atoms with Gasteiger partial charge in [-0.2, -0.15) is 0 Å². The molecule has 130 valence electrons. The third kappa shape index (κ3) is 2.99. The van der Waals surface area contributed by atoms with E-state index in [0.717, 1.165) is 36.3 Å². The van der Waals surface area contributed by atoms with Gasteiger partial charge < -0.3 is 19.4 Å². The number of likely N-dealkylation sites (tertiary alicyclic amines) is 1. The lowest BCUT2D eigenvalue weighted by Crippen LogP contribution is -2.34. The molecule has 2 aliphatic rings. The minimum Gasteiger partial charge on any atom is -0.490 e. The van der Waals surface area contributed by atoms with Crippen LogP contribution >= 0.6 is 0 Å². The number of H-pyrrole nitrogens is 1. The average Bonchev–Trinajstić information content (AvgIpc) is 3.00. The normalized spacial score (nSPS) is 19.5. The highest BCUT2D eigenvalue weighted by molar-refractivity contribution is 5.94. The molecule has 1 aromatic heterocycles. The minimum atomic E-state index is -0.350. The third-order valence-corrected chi connectivity index (χ3v) is 4.72. The summed E-state index contributed by atoms with van der Waals surface area (Å²) in [5.41, 5.74) is 0.850. The highest BCUT2D eigenvalue weighted by Crippen LogP contribution is 2.38. The number of nitrogens with one attached hydrogen (secondary N) is 1. The van der Waals surface area contributed by atoms with Crippen LogP contribution in [-0.4, -0.2) is 35.5 Å². The Bertz CT molecular complexity index is 845. The lowest BCUT2D eigenvalue weighted by atomic mass is 10.0. The molecule has 2 aliphatic heterocycles. The van der Waals surface area contributed by atoms with Crippen LogP contribution in [0.2, 0.25) is 0 Å². The molecule has 1 saturated heterocycles. The van der Waals surface area contributed by atoms with E-state index in [0.29, 0.717) is 19.8 Å². The van der Waals surface area contributed by atoms with Crippen molar-refractivity contribution in [1.82, 2.24) is 9.88 Å². The Morgan fingerprint density at radius 2 is 1.96 bits per heavy atom. The summed E-state index contributed by atoms with van der Waals surface area (Å²) in [7, 11) is 0. The van der Waals surface area contributed by atoms with Crippen molar-refractivity contribution < 1.29 is 14.3 Å². The molecule has 0 bridgehead atoms. The zero-order chi connectivity index (χ0) is 17.2. The van der Waals surface area contributed by atoms with E-state index >= 15 is 0 Å². The number of aromatic amines is 1. The number of fused-ring (bicyclic) bond motifs is 1. The summed E-state index contributed by atoms with van der Waals surface area (Å²) in [4.78, 5) is 29.1. The fourth-order valence-electron chi connectivity index (χ4n) is 3.49. The van der Waals surface area contributed by atoms with Crippen LogP contribution in [0, 0.1) is 0 Å². The summed E-state index contributed by atoms with van der Waals surface area (Å²) in [5, 5.41) is 0. The van der Waals surface area contributed by atoms with Gasteiger partial charge in [0.1, 0.15) is 5.56 Å². The molecule has 1 atom stereocenters. The van der Waals surface area contributed by atoms with Gasteiger partial charge in [-0.05, 0) is 42.7 Å². The number of hydrogen-bond acceptors (Lipinski definition) is 4. The molecule has 0 unspecified atom stereocenters. The number of benzene rings is 1. The summed E-state index contributed by atoms with van der Waals surface area (Å²) in [6.45, 7) is 1.92. The predicted molar refractivity (Wildman–Crippen MR) is 92.1 cm³/mol. The number of aromatic nitrogens is 1. The molecule has 6 heteroatoms. The van der Waals surface area contributed by atoms with E-state index in [1.54, 1.807) is 17.0 Å². The Labute approximate surface area is 145 Å². The Kier molecular flexibility index (Phi) is 4.17. The van der Waals surface area contributed by atoms with E-state index in [9.17, 15) is 9.59 Å². The van der Waals surface area contributed by atoms with Crippen molar-refractivity contribution in [2.45, 2.75) is 25.3 Å². The predicted octanol–water partition coefficient (Wildman–Crippen LogP) is 2.51. The molecule has 3 heterocycles. The van der Waals surface area contributed by atoms with Gasteiger partial charge in [0, 0.05) is 19.2 Å². The quantitative estimate of drug-likeness (QED) is 0.912. The van der Waals surface area contributed by atoms with Crippen LogP contribution in [-0.2, 0) is 0 Å². The molecule has 1 fully saturated rings. The SMILES string of the molecule is O=C(c1ccc[nH]c1=O)N1CCC[C@H]1c1ccc2c(c1)OCCCO2. The first-order chi connectivity index (χ1) is 12.2. The molecule has 25 heavy (non-hydrogen) atoms. The van der Waals surface area contributed by atoms with Crippen LogP contribution in [0.25, 0.3) is 0 Å². The minimum absolute atomic E-state index is 0.0516. The van der Waals surface area contributed by atoms with Crippen molar-refractivity contribution in [3.63, 3.8) is 0 Å². The van der Waals surface area contributed by atoms with Crippen LogP contribution in [0.3, 0.4) is 0 Å². The number of hydrogen-bond donors (Lipinski definition) is 1. The zero-order valence-electron chi connectivity index (χ0n) is 13.9. The third-order valence-electron chi connectivity index (χ3n) is 4.72. The second-order valence-corrected chi connectivity index (χ2v) is 6.33. The average molecular weight is 340 g/mol. The van der Waals surface area contributed by atoms with Gasteiger partial charge in [0.2, 0.25) is 0 Å². The largest absolute Gasteiger partial charge is 0.490 e. The Hall–Kier alpha value is -2.76. The van der Waals surface area contributed by atoms with Crippen LogP contribution in [0.4, 0.5) is 0 Å². The maximum atomic E-state index is 12.8. The molecule has 0 aliphatic carbocycles. The number of carbonyl (C=O) groups excluding carboxylic acids is 1. The van der Waals surface area contributed by atoms with E-state index < -0.39 is 0 Å². The topological polar surface area (TPSA) is 71.6 Å². The van der Waals surface area contributed by atoms with Gasteiger partial charge in [-0.25, -0.2) is 0 Å². The van der Waals surface area contributed by atoms with Crippen molar-refractivity contribution in [1.29, 1.82) is 0 Å². The summed E-state index contributed by atoms with van der Waals surface area (Å²) in [6.07, 6.45) is 4.17. The van der Waals surface area contributed by atoms with Gasteiger partial charge in [-0.15, -0.1) is 0 Å². The summed E-state index contributed by atoms with van der Waals surface area (Å²) in [6, 6.07) is 9.05. The first kappa shape index (κ1) is 15.7. The van der Waals surface area contributed by atoms with Gasteiger partial charge in [0.05, 0.1) is 19.3 Å². The number of amides is 1. The highest BCUT2D eigenvalue weighted by Gasteiger charge is 2.32. The van der Waals surface area contributed by atoms with Crippen molar-refractivity contribution in [2.75, 3.05) is 19.8 Å². The molecule has 4 rings (SSSR count). The zero-order valence-corrected chi connectivity index (χ0v) is 13.9. The molecule has 0 radical (unpaired) electrons. The first-order valence-corrected chi connectivity index (χ1v) is 8.62. The van der Waals surface area contributed by atoms with Crippen molar-refractivity contribution in [3.05, 3.63) is 58.0 Å². The summed E-state index contributed by atoms with van der Waals surface area (Å²) >= 11 is 0. The van der Waals surface area contributed by atoms with Gasteiger partial charge in [-0.3, -0.25) is 9.59 Å². The lowest BCUT2D eigenvalue weighted by molar-refractivity contribution is 0.0733. The molecular weight excluding hydrogens is 320 g/mol. The van der Waals surface area contributed by atoms with E-state index in [1.807, 2.05) is 18.2 Å². The molecule has 6 nitrogen and oxygen atoms in total. The summed E-state index contributed by atoms with van der Waals surface area (Å²) < 4.78 is 11.4. The Morgan fingerprint density at radius 1 is 1.12 bits per heavy atom. The van der Waals surface area contributed by atoms with Crippen molar-refractivity contribution >= 4 is 5.91 Å². The number of ether oxygens (including phenoxy) is 2. The molecule has 1 N–H and O–H groups in total. The molecular formula is C19H20N2O4. The fraction of sp³-hybridized carbons (Fsp3) is 0.368. The first-order valence-electron chi connectivity index (χ1n) is 8.62. The lowest BCUT2D eigenvalue weighted by Gasteiger charge is -2.25. The molecule has 2 aromatic rings. The van der Waals surface area contributed by atoms with Crippen LogP contribution in [0.15, 0.2) is 41.3 Å². The van der Waals surface area contributed by atoms with Gasteiger partial charge in [0.25, 0.3) is 11.5 Å². The van der Waals surface area contributed by atoms with Gasteiger partial charge >= 0.3 is 0 Å². The smallest absolute Gasteiger partial charge is 0.260 e. The summed E-state index contributed by atoms with van der Waals surface area (Å²) in [5.74, 6) is 1.25. The van der Waals surface area contributed by atoms with Crippen LogP contribution in [0.1, 0.15) is 41.2 Å². The number of nitrogens with zero attached hydrogens (tertiary/aromatic N) is 1. The molecule has 0 spiro atoms. The van der Waals surface area contributed by atoms with Crippen LogP contribution < -0.4 is 15.0 Å². The molecule has 1 amide bonds. The maximum absolute atomic E-state index is 12.8. The molecule has 1 aromatic carbocycles. The second-order valence-electron chi connectivity index (χ2n) is 6.33. The Balaban J connectivity index is 1.64. The van der Waals surface area contributed by atoms with Gasteiger partial charge in [0.15, 0.2) is 11.5 Å². The number of pyridine rings is 1. The second kappa shape index (κ2) is 6.63. The number of rotatable bonds is 2. The molecule has 0 saturated carbocycles. The van der Waals surface area contributed by atoms with Crippen LogP contribution in [0.5, 0.6) is 11.5 Å². The monoisotopic (exact) mass is 340 g/mol. The maximum Gasteiger partial charge on any atom is 0.260 e. The van der Waals surface area contributed by atoms with E-state index in [2.05, 4.69) is 4.98 Å². The fourth-order valence-corrected chi connectivity index (χ4v) is 3.49. The van der Waals surface area contributed by atoms with Gasteiger partial charge in [-0.1, -0.05) is 6.07 Å². The Morgan fingerprint density at radius 3 is 2.80 bits per heavy atom.